The molecule has 0 aliphatic carbocycles. The number of tetrazole rings is 1. The fraction of sp³-hybridized carbons (Fsp3) is 0.357. The summed E-state index contributed by atoms with van der Waals surface area (Å²) in [6.07, 6.45) is 2.31. The number of aromatic nitrogens is 4. The van der Waals surface area contributed by atoms with Gasteiger partial charge in [0, 0.05) is 11.9 Å². The van der Waals surface area contributed by atoms with Crippen molar-refractivity contribution in [3.63, 3.8) is 0 Å². The molecule has 2 heterocycles. The van der Waals surface area contributed by atoms with Gasteiger partial charge in [0.05, 0.1) is 0 Å². The summed E-state index contributed by atoms with van der Waals surface area (Å²) >= 11 is 0. The normalized spacial score (nSPS) is 13.2. The highest BCUT2D eigenvalue weighted by Gasteiger charge is 2.20. The van der Waals surface area contributed by atoms with Crippen LogP contribution in [0, 0.1) is 0 Å². The molecule has 1 unspecified atom stereocenters. The number of rotatable bonds is 5. The fourth-order valence-electron chi connectivity index (χ4n) is 2.24. The summed E-state index contributed by atoms with van der Waals surface area (Å²) in [7, 11) is 4.09. The first kappa shape index (κ1) is 12.8. The third-order valence-electron chi connectivity index (χ3n) is 3.27. The van der Waals surface area contributed by atoms with E-state index in [-0.39, 0.29) is 6.04 Å². The summed E-state index contributed by atoms with van der Waals surface area (Å²) in [6, 6.07) is 10.0. The highest BCUT2D eigenvalue weighted by molar-refractivity contribution is 5.77. The number of para-hydroxylation sites is 1. The van der Waals surface area contributed by atoms with Gasteiger partial charge < -0.3 is 9.32 Å². The molecule has 0 fully saturated rings. The predicted molar refractivity (Wildman–Crippen MR) is 75.3 cm³/mol. The van der Waals surface area contributed by atoms with E-state index in [2.05, 4.69) is 26.4 Å². The van der Waals surface area contributed by atoms with Gasteiger partial charge in [-0.15, -0.1) is 10.2 Å². The number of fused-ring (bicyclic) bond motifs is 1. The van der Waals surface area contributed by atoms with Crippen molar-refractivity contribution in [2.75, 3.05) is 20.6 Å². The molecule has 0 spiro atoms. The van der Waals surface area contributed by atoms with Crippen LogP contribution in [0.25, 0.3) is 11.0 Å². The van der Waals surface area contributed by atoms with Gasteiger partial charge >= 0.3 is 0 Å². The van der Waals surface area contributed by atoms with Crippen molar-refractivity contribution >= 4 is 11.0 Å². The Labute approximate surface area is 117 Å². The average molecular weight is 271 g/mol. The molecule has 0 saturated heterocycles. The van der Waals surface area contributed by atoms with E-state index in [0.29, 0.717) is 0 Å². The minimum absolute atomic E-state index is 0.0349. The lowest BCUT2D eigenvalue weighted by Crippen LogP contribution is -2.21. The zero-order valence-electron chi connectivity index (χ0n) is 11.6. The molecule has 0 bridgehead atoms. The van der Waals surface area contributed by atoms with Gasteiger partial charge in [0.2, 0.25) is 0 Å². The Bertz CT molecular complexity index is 641. The van der Waals surface area contributed by atoms with Gasteiger partial charge in [-0.05, 0) is 37.9 Å². The van der Waals surface area contributed by atoms with E-state index in [4.69, 9.17) is 4.42 Å². The molecule has 3 rings (SSSR count). The summed E-state index contributed by atoms with van der Waals surface area (Å²) in [4.78, 5) is 3.74. The maximum absolute atomic E-state index is 5.94. The molecule has 2 aromatic heterocycles. The van der Waals surface area contributed by atoms with Crippen LogP contribution in [0.1, 0.15) is 18.2 Å². The monoisotopic (exact) mass is 271 g/mol. The third kappa shape index (κ3) is 2.55. The summed E-state index contributed by atoms with van der Waals surface area (Å²) in [5, 5.41) is 13.1. The molecular formula is C14H17N5O. The summed E-state index contributed by atoms with van der Waals surface area (Å²) < 4.78 is 5.94. The Kier molecular flexibility index (Phi) is 3.47. The van der Waals surface area contributed by atoms with Crippen LogP contribution in [0.4, 0.5) is 0 Å². The molecule has 0 aliphatic heterocycles. The molecule has 1 aromatic carbocycles. The van der Waals surface area contributed by atoms with E-state index < -0.39 is 0 Å². The highest BCUT2D eigenvalue weighted by atomic mass is 16.3. The molecule has 6 heteroatoms. The van der Waals surface area contributed by atoms with Crippen LogP contribution >= 0.6 is 0 Å². The zero-order valence-corrected chi connectivity index (χ0v) is 11.6. The minimum atomic E-state index is -0.0349. The Morgan fingerprint density at radius 2 is 2.15 bits per heavy atom. The topological polar surface area (TPSA) is 60.0 Å². The fourth-order valence-corrected chi connectivity index (χ4v) is 2.24. The van der Waals surface area contributed by atoms with Crippen molar-refractivity contribution < 1.29 is 4.42 Å². The van der Waals surface area contributed by atoms with Gasteiger partial charge in [0.25, 0.3) is 0 Å². The van der Waals surface area contributed by atoms with Gasteiger partial charge in [-0.2, -0.15) is 4.80 Å². The molecule has 0 radical (unpaired) electrons. The molecule has 6 nitrogen and oxygen atoms in total. The standard InChI is InChI=1S/C14H17N5O/c1-18(2)8-7-12(19-16-10-15-17-19)14-9-11-5-3-4-6-13(11)20-14/h3-6,9-10,12H,7-8H2,1-2H3. The molecule has 3 aromatic rings. The van der Waals surface area contributed by atoms with Crippen molar-refractivity contribution in [1.29, 1.82) is 0 Å². The molecular weight excluding hydrogens is 254 g/mol. The second kappa shape index (κ2) is 5.42. The number of benzene rings is 1. The van der Waals surface area contributed by atoms with Crippen LogP contribution in [-0.2, 0) is 0 Å². The second-order valence-electron chi connectivity index (χ2n) is 5.05. The third-order valence-corrected chi connectivity index (χ3v) is 3.27. The SMILES string of the molecule is CN(C)CCC(c1cc2ccccc2o1)n1ncnn1. The van der Waals surface area contributed by atoms with Crippen molar-refractivity contribution in [2.45, 2.75) is 12.5 Å². The van der Waals surface area contributed by atoms with Crippen LogP contribution in [-0.4, -0.2) is 45.7 Å². The van der Waals surface area contributed by atoms with Crippen molar-refractivity contribution in [1.82, 2.24) is 25.1 Å². The van der Waals surface area contributed by atoms with E-state index in [0.717, 1.165) is 29.7 Å². The van der Waals surface area contributed by atoms with E-state index in [9.17, 15) is 0 Å². The first-order valence-corrected chi connectivity index (χ1v) is 6.60. The Morgan fingerprint density at radius 1 is 1.30 bits per heavy atom. The minimum Gasteiger partial charge on any atom is -0.459 e. The molecule has 0 saturated carbocycles. The second-order valence-corrected chi connectivity index (χ2v) is 5.05. The molecule has 1 atom stereocenters. The van der Waals surface area contributed by atoms with Gasteiger partial charge in [0.1, 0.15) is 17.4 Å². The van der Waals surface area contributed by atoms with Crippen LogP contribution < -0.4 is 0 Å². The average Bonchev–Trinajstić information content (AvgIpc) is 3.07. The smallest absolute Gasteiger partial charge is 0.162 e. The maximum atomic E-state index is 5.94. The summed E-state index contributed by atoms with van der Waals surface area (Å²) in [6.45, 7) is 0.920. The quantitative estimate of drug-likeness (QED) is 0.710. The lowest BCUT2D eigenvalue weighted by atomic mass is 10.1. The molecule has 0 amide bonds. The van der Waals surface area contributed by atoms with Crippen LogP contribution in [0.15, 0.2) is 41.1 Å². The predicted octanol–water partition coefficient (Wildman–Crippen LogP) is 1.96. The summed E-state index contributed by atoms with van der Waals surface area (Å²) in [5.74, 6) is 0.867. The maximum Gasteiger partial charge on any atom is 0.162 e. The van der Waals surface area contributed by atoms with Gasteiger partial charge in [-0.3, -0.25) is 0 Å². The van der Waals surface area contributed by atoms with Crippen LogP contribution in [0.3, 0.4) is 0 Å². The Morgan fingerprint density at radius 3 is 2.85 bits per heavy atom. The van der Waals surface area contributed by atoms with E-state index in [1.807, 2.05) is 38.4 Å². The largest absolute Gasteiger partial charge is 0.459 e. The lowest BCUT2D eigenvalue weighted by molar-refractivity contribution is 0.312. The molecule has 20 heavy (non-hydrogen) atoms. The first-order chi connectivity index (χ1) is 9.74. The summed E-state index contributed by atoms with van der Waals surface area (Å²) in [5.41, 5.74) is 0.887. The molecule has 0 N–H and O–H groups in total. The van der Waals surface area contributed by atoms with E-state index in [1.54, 1.807) is 4.80 Å². The Hall–Kier alpha value is -2.21. The van der Waals surface area contributed by atoms with Crippen molar-refractivity contribution in [3.05, 3.63) is 42.4 Å². The van der Waals surface area contributed by atoms with Crippen molar-refractivity contribution in [3.8, 4) is 0 Å². The van der Waals surface area contributed by atoms with Crippen molar-refractivity contribution in [2.24, 2.45) is 0 Å². The van der Waals surface area contributed by atoms with Crippen LogP contribution in [0.2, 0.25) is 0 Å². The number of furan rings is 1. The number of hydrogen-bond acceptors (Lipinski definition) is 5. The molecule has 0 aliphatic rings. The van der Waals surface area contributed by atoms with Gasteiger partial charge in [0.15, 0.2) is 6.33 Å². The van der Waals surface area contributed by atoms with Gasteiger partial charge in [-0.25, -0.2) is 0 Å². The zero-order chi connectivity index (χ0) is 13.9. The lowest BCUT2D eigenvalue weighted by Gasteiger charge is -2.16. The number of hydrogen-bond donors (Lipinski definition) is 0. The molecule has 104 valence electrons. The Balaban J connectivity index is 1.95. The first-order valence-electron chi connectivity index (χ1n) is 6.60. The highest BCUT2D eigenvalue weighted by Crippen LogP contribution is 2.27. The van der Waals surface area contributed by atoms with E-state index >= 15 is 0 Å². The number of nitrogens with zero attached hydrogens (tertiary/aromatic N) is 5. The van der Waals surface area contributed by atoms with Gasteiger partial charge in [-0.1, -0.05) is 18.2 Å². The van der Waals surface area contributed by atoms with E-state index in [1.165, 1.54) is 6.33 Å². The van der Waals surface area contributed by atoms with Crippen LogP contribution in [0.5, 0.6) is 0 Å².